The highest BCUT2D eigenvalue weighted by atomic mass is 32.2. The number of nitrogens with one attached hydrogen (secondary N) is 1. The van der Waals surface area contributed by atoms with Crippen molar-refractivity contribution < 1.29 is 37.7 Å². The average molecular weight is 502 g/mol. The standard InChI is InChI=1S/C16H18N6O9S2/c1-16(2)12(14(26)22(16)33(28,29)30)19-13(25)11(8-6-32-15(17)18-8)20-31-5-7-3-9(23)10(24)4-21(7)27/h3-4,6,12,24,27H,5H2,1-2H3,(H2,17,18)(H,19,25)(H,28,29,30)/b20-11+/t12-/m1/s1. The van der Waals surface area contributed by atoms with Crippen LogP contribution in [0.5, 0.6) is 5.75 Å². The Morgan fingerprint density at radius 3 is 2.64 bits per heavy atom. The van der Waals surface area contributed by atoms with E-state index in [0.717, 1.165) is 23.6 Å². The van der Waals surface area contributed by atoms with Crippen LogP contribution in [0, 0.1) is 0 Å². The molecule has 0 radical (unpaired) electrons. The van der Waals surface area contributed by atoms with Crippen molar-refractivity contribution in [2.75, 3.05) is 5.73 Å². The number of oxime groups is 1. The lowest BCUT2D eigenvalue weighted by Crippen LogP contribution is -2.77. The predicted octanol–water partition coefficient (Wildman–Crippen LogP) is -1.34. The summed E-state index contributed by atoms with van der Waals surface area (Å²) >= 11 is 0.978. The maximum Gasteiger partial charge on any atom is 0.362 e. The van der Waals surface area contributed by atoms with Crippen LogP contribution in [0.1, 0.15) is 25.2 Å². The highest BCUT2D eigenvalue weighted by molar-refractivity contribution is 7.84. The second-order valence-corrected chi connectivity index (χ2v) is 9.43. The lowest BCUT2D eigenvalue weighted by Gasteiger charge is -2.50. The Labute approximate surface area is 189 Å². The molecule has 2 aromatic rings. The van der Waals surface area contributed by atoms with Crippen LogP contribution in [0.15, 0.2) is 27.6 Å². The van der Waals surface area contributed by atoms with Gasteiger partial charge in [-0.25, -0.2) is 9.29 Å². The highest BCUT2D eigenvalue weighted by Crippen LogP contribution is 2.34. The Balaban J connectivity index is 1.83. The number of anilines is 1. The molecule has 0 aromatic carbocycles. The van der Waals surface area contributed by atoms with Crippen LogP contribution < -0.4 is 16.5 Å². The quantitative estimate of drug-likeness (QED) is 0.0978. The van der Waals surface area contributed by atoms with Crippen molar-refractivity contribution in [3.63, 3.8) is 0 Å². The number of β-lactam (4-membered cyclic amide) rings is 1. The molecule has 0 spiro atoms. The van der Waals surface area contributed by atoms with Gasteiger partial charge in [-0.15, -0.1) is 11.3 Å². The second-order valence-electron chi connectivity index (χ2n) is 7.28. The molecule has 1 saturated heterocycles. The minimum Gasteiger partial charge on any atom is -0.503 e. The summed E-state index contributed by atoms with van der Waals surface area (Å²) in [5.41, 5.74) is 2.73. The topological polar surface area (TPSA) is 227 Å². The van der Waals surface area contributed by atoms with Crippen molar-refractivity contribution >= 4 is 44.3 Å². The lowest BCUT2D eigenvalue weighted by molar-refractivity contribution is -0.151. The first kappa shape index (κ1) is 24.0. The van der Waals surface area contributed by atoms with Crippen LogP contribution in [-0.2, 0) is 31.3 Å². The first-order chi connectivity index (χ1) is 15.2. The van der Waals surface area contributed by atoms with Gasteiger partial charge in [-0.1, -0.05) is 5.16 Å². The number of nitrogens with two attached hydrogens (primary N) is 1. The van der Waals surface area contributed by atoms with Gasteiger partial charge >= 0.3 is 10.3 Å². The largest absolute Gasteiger partial charge is 0.503 e. The third kappa shape index (κ3) is 4.59. The molecule has 0 saturated carbocycles. The molecular formula is C16H18N6O9S2. The minimum absolute atomic E-state index is 0.0293. The number of rotatable bonds is 7. The van der Waals surface area contributed by atoms with E-state index in [4.69, 9.17) is 10.6 Å². The van der Waals surface area contributed by atoms with Crippen molar-refractivity contribution in [1.82, 2.24) is 19.3 Å². The number of nitrogen functional groups attached to an aromatic ring is 1. The molecule has 3 heterocycles. The molecule has 17 heteroatoms. The summed E-state index contributed by atoms with van der Waals surface area (Å²) < 4.78 is 32.7. The third-order valence-electron chi connectivity index (χ3n) is 4.62. The van der Waals surface area contributed by atoms with Gasteiger partial charge in [0.2, 0.25) is 5.43 Å². The van der Waals surface area contributed by atoms with Crippen LogP contribution >= 0.6 is 11.3 Å². The first-order valence-electron chi connectivity index (χ1n) is 8.91. The number of hydrogen-bond acceptors (Lipinski definition) is 12. The number of aromatic hydroxyl groups is 1. The van der Waals surface area contributed by atoms with Crippen molar-refractivity contribution in [2.45, 2.75) is 32.0 Å². The molecule has 2 amide bonds. The number of hydrogen-bond donors (Lipinski definition) is 5. The van der Waals surface area contributed by atoms with Gasteiger partial charge in [0.1, 0.15) is 17.4 Å². The van der Waals surface area contributed by atoms with Crippen molar-refractivity contribution in [1.29, 1.82) is 0 Å². The molecular weight excluding hydrogens is 484 g/mol. The molecule has 15 nitrogen and oxygen atoms in total. The van der Waals surface area contributed by atoms with Gasteiger partial charge in [0, 0.05) is 11.4 Å². The van der Waals surface area contributed by atoms with E-state index in [-0.39, 0.29) is 20.8 Å². The fourth-order valence-electron chi connectivity index (χ4n) is 3.03. The number of aromatic nitrogens is 2. The number of carbonyl (C=O) groups is 2. The Bertz CT molecular complexity index is 1310. The maximum atomic E-state index is 12.8. The fraction of sp³-hybridized carbons (Fsp3) is 0.312. The van der Waals surface area contributed by atoms with Gasteiger partial charge in [-0.3, -0.25) is 18.9 Å². The maximum absolute atomic E-state index is 12.8. The monoisotopic (exact) mass is 502 g/mol. The van der Waals surface area contributed by atoms with Crippen LogP contribution in [0.2, 0.25) is 0 Å². The zero-order valence-corrected chi connectivity index (χ0v) is 18.6. The van der Waals surface area contributed by atoms with E-state index in [9.17, 15) is 37.7 Å². The lowest BCUT2D eigenvalue weighted by atomic mass is 9.85. The third-order valence-corrected chi connectivity index (χ3v) is 6.41. The molecule has 0 aliphatic carbocycles. The highest BCUT2D eigenvalue weighted by Gasteiger charge is 2.60. The zero-order chi connectivity index (χ0) is 24.7. The summed E-state index contributed by atoms with van der Waals surface area (Å²) in [5, 5.41) is 26.4. The van der Waals surface area contributed by atoms with E-state index in [1.807, 2.05) is 0 Å². The SMILES string of the molecule is CC1(C)[C@H](NC(=O)/C(=N/OCc2cc(=O)c(O)cn2O)c2csc(N)n2)C(=O)N1S(=O)(=O)O. The Kier molecular flexibility index (Phi) is 6.05. The van der Waals surface area contributed by atoms with Gasteiger partial charge in [-0.2, -0.15) is 13.1 Å². The molecule has 1 atom stereocenters. The van der Waals surface area contributed by atoms with E-state index >= 15 is 0 Å². The molecule has 3 rings (SSSR count). The smallest absolute Gasteiger partial charge is 0.362 e. The molecule has 1 aliphatic heterocycles. The van der Waals surface area contributed by atoms with E-state index in [0.29, 0.717) is 4.73 Å². The van der Waals surface area contributed by atoms with Crippen LogP contribution in [0.25, 0.3) is 0 Å². The normalized spacial score (nSPS) is 18.0. The van der Waals surface area contributed by atoms with Gasteiger partial charge in [0.15, 0.2) is 23.2 Å². The number of amides is 2. The molecule has 6 N–H and O–H groups in total. The number of thiazole rings is 1. The molecule has 1 aliphatic rings. The van der Waals surface area contributed by atoms with Crippen molar-refractivity contribution in [3.8, 4) is 5.75 Å². The van der Waals surface area contributed by atoms with Crippen molar-refractivity contribution in [3.05, 3.63) is 39.3 Å². The summed E-state index contributed by atoms with van der Waals surface area (Å²) in [6, 6.07) is -0.446. The Hall–Kier alpha value is -3.70. The van der Waals surface area contributed by atoms with Gasteiger partial charge in [0.05, 0.1) is 11.7 Å². The molecule has 178 valence electrons. The molecule has 0 bridgehead atoms. The van der Waals surface area contributed by atoms with Gasteiger partial charge in [0.25, 0.3) is 11.8 Å². The summed E-state index contributed by atoms with van der Waals surface area (Å²) in [7, 11) is -4.84. The van der Waals surface area contributed by atoms with Gasteiger partial charge in [-0.05, 0) is 13.8 Å². The summed E-state index contributed by atoms with van der Waals surface area (Å²) in [5.74, 6) is -2.74. The van der Waals surface area contributed by atoms with E-state index in [1.165, 1.54) is 19.2 Å². The Morgan fingerprint density at radius 1 is 1.42 bits per heavy atom. The summed E-state index contributed by atoms with van der Waals surface area (Å²) in [6.07, 6.45) is 0.741. The van der Waals surface area contributed by atoms with Crippen molar-refractivity contribution in [2.24, 2.45) is 5.16 Å². The minimum atomic E-state index is -4.84. The Morgan fingerprint density at radius 2 is 2.09 bits per heavy atom. The summed E-state index contributed by atoms with van der Waals surface area (Å²) in [4.78, 5) is 45.5. The van der Waals surface area contributed by atoms with E-state index in [1.54, 1.807) is 0 Å². The molecule has 33 heavy (non-hydrogen) atoms. The molecule has 0 unspecified atom stereocenters. The number of pyridine rings is 1. The molecule has 1 fully saturated rings. The average Bonchev–Trinajstić information content (AvgIpc) is 3.11. The number of carbonyl (C=O) groups excluding carboxylic acids is 2. The fourth-order valence-corrected chi connectivity index (χ4v) is 4.61. The summed E-state index contributed by atoms with van der Waals surface area (Å²) in [6.45, 7) is 2.12. The van der Waals surface area contributed by atoms with Crippen LogP contribution in [-0.4, -0.2) is 66.4 Å². The van der Waals surface area contributed by atoms with Crippen LogP contribution in [0.4, 0.5) is 5.13 Å². The zero-order valence-electron chi connectivity index (χ0n) is 17.0. The predicted molar refractivity (Wildman–Crippen MR) is 112 cm³/mol. The van der Waals surface area contributed by atoms with Crippen LogP contribution in [0.3, 0.4) is 0 Å². The van der Waals surface area contributed by atoms with E-state index in [2.05, 4.69) is 15.5 Å². The second kappa shape index (κ2) is 8.34. The molecule has 2 aromatic heterocycles. The van der Waals surface area contributed by atoms with Gasteiger partial charge < -0.3 is 26.2 Å². The number of nitrogens with zero attached hydrogens (tertiary/aromatic N) is 4. The first-order valence-corrected chi connectivity index (χ1v) is 11.2. The van der Waals surface area contributed by atoms with E-state index < -0.39 is 57.2 Å².